The van der Waals surface area contributed by atoms with Gasteiger partial charge in [-0.2, -0.15) is 0 Å². The Morgan fingerprint density at radius 3 is 2.55 bits per heavy atom. The molecular formula is C20H19N5O2S2. The summed E-state index contributed by atoms with van der Waals surface area (Å²) < 4.78 is 26.5. The van der Waals surface area contributed by atoms with Crippen molar-refractivity contribution in [1.29, 1.82) is 0 Å². The van der Waals surface area contributed by atoms with Gasteiger partial charge < -0.3 is 11.1 Å². The largest absolute Gasteiger partial charge is 0.368 e. The summed E-state index contributed by atoms with van der Waals surface area (Å²) >= 11 is 1.66. The first kappa shape index (κ1) is 19.2. The molecule has 4 N–H and O–H groups in total. The maximum Gasteiger partial charge on any atom is 0.229 e. The van der Waals surface area contributed by atoms with Crippen LogP contribution in [0.2, 0.25) is 0 Å². The summed E-state index contributed by atoms with van der Waals surface area (Å²) in [5, 5.41) is 4.45. The van der Waals surface area contributed by atoms with E-state index in [2.05, 4.69) is 39.1 Å². The third kappa shape index (κ3) is 4.30. The van der Waals surface area contributed by atoms with Crippen molar-refractivity contribution in [3.63, 3.8) is 0 Å². The van der Waals surface area contributed by atoms with E-state index in [9.17, 15) is 8.42 Å². The van der Waals surface area contributed by atoms with Crippen LogP contribution in [-0.2, 0) is 10.0 Å². The highest BCUT2D eigenvalue weighted by molar-refractivity contribution is 7.92. The number of nitrogens with zero attached hydrogens (tertiary/aromatic N) is 2. The van der Waals surface area contributed by atoms with E-state index in [4.69, 9.17) is 5.73 Å². The first-order valence-electron chi connectivity index (χ1n) is 8.75. The predicted octanol–water partition coefficient (Wildman–Crippen LogP) is 4.36. The highest BCUT2D eigenvalue weighted by Crippen LogP contribution is 2.38. The predicted molar refractivity (Wildman–Crippen MR) is 120 cm³/mol. The summed E-state index contributed by atoms with van der Waals surface area (Å²) in [5.41, 5.74) is 9.87. The van der Waals surface area contributed by atoms with Gasteiger partial charge in [0.2, 0.25) is 16.0 Å². The van der Waals surface area contributed by atoms with E-state index in [1.807, 2.05) is 18.2 Å². The molecule has 0 aliphatic rings. The Morgan fingerprint density at radius 1 is 1.03 bits per heavy atom. The van der Waals surface area contributed by atoms with Crippen LogP contribution in [0.1, 0.15) is 5.56 Å². The summed E-state index contributed by atoms with van der Waals surface area (Å²) in [6.45, 7) is 2.06. The molecule has 2 aromatic heterocycles. The number of nitrogen functional groups attached to an aromatic ring is 1. The molecular weight excluding hydrogens is 406 g/mol. The van der Waals surface area contributed by atoms with Gasteiger partial charge >= 0.3 is 0 Å². The quantitative estimate of drug-likeness (QED) is 0.438. The smallest absolute Gasteiger partial charge is 0.229 e. The molecule has 0 saturated heterocycles. The van der Waals surface area contributed by atoms with Gasteiger partial charge in [-0.05, 0) is 60.3 Å². The van der Waals surface area contributed by atoms with Crippen molar-refractivity contribution in [3.8, 4) is 10.6 Å². The summed E-state index contributed by atoms with van der Waals surface area (Å²) in [6.07, 6.45) is 2.79. The fraction of sp³-hybridized carbons (Fsp3) is 0.100. The number of rotatable bonds is 5. The fourth-order valence-corrected chi connectivity index (χ4v) is 4.80. The van der Waals surface area contributed by atoms with Crippen LogP contribution in [0.4, 0.5) is 23.0 Å². The number of fused-ring (bicyclic) bond motifs is 1. The van der Waals surface area contributed by atoms with E-state index in [1.54, 1.807) is 35.7 Å². The number of thiophene rings is 1. The molecule has 2 aromatic carbocycles. The van der Waals surface area contributed by atoms with Crippen molar-refractivity contribution in [3.05, 3.63) is 60.3 Å². The Labute approximate surface area is 172 Å². The number of anilines is 4. The first-order chi connectivity index (χ1) is 13.8. The van der Waals surface area contributed by atoms with Crippen LogP contribution in [0.25, 0.3) is 20.7 Å². The number of sulfonamides is 1. The third-order valence-corrected chi connectivity index (χ3v) is 6.20. The molecule has 0 aliphatic heterocycles. The third-order valence-electron chi connectivity index (χ3n) is 4.30. The molecule has 2 heterocycles. The lowest BCUT2D eigenvalue weighted by Crippen LogP contribution is -2.09. The van der Waals surface area contributed by atoms with Gasteiger partial charge in [0.25, 0.3) is 0 Å². The second-order valence-corrected chi connectivity index (χ2v) is 9.45. The van der Waals surface area contributed by atoms with E-state index in [0.29, 0.717) is 5.69 Å². The summed E-state index contributed by atoms with van der Waals surface area (Å²) in [6, 6.07) is 15.1. The molecule has 7 nitrogen and oxygen atoms in total. The van der Waals surface area contributed by atoms with Gasteiger partial charge in [-0.3, -0.25) is 4.72 Å². The number of aryl methyl sites for hydroxylation is 1. The maximum atomic E-state index is 11.4. The van der Waals surface area contributed by atoms with Crippen LogP contribution in [-0.4, -0.2) is 24.6 Å². The number of hydrogen-bond acceptors (Lipinski definition) is 7. The number of nitrogens with one attached hydrogen (secondary N) is 2. The van der Waals surface area contributed by atoms with Crippen molar-refractivity contribution in [2.45, 2.75) is 6.92 Å². The van der Waals surface area contributed by atoms with Crippen molar-refractivity contribution < 1.29 is 8.42 Å². The standard InChI is InChI=1S/C20H19N5O2S2/c1-12-16-11-14(23-13-4-3-5-15(10-13)25-29(2,26)27)6-7-18(16)28-19(12)17-8-9-22-20(21)24-17/h3-11,23,25H,1-2H3,(H2,21,22,24). The summed E-state index contributed by atoms with van der Waals surface area (Å²) in [5.74, 6) is 0.254. The van der Waals surface area contributed by atoms with Crippen LogP contribution < -0.4 is 15.8 Å². The Kier molecular flexibility index (Phi) is 4.85. The zero-order chi connectivity index (χ0) is 20.6. The van der Waals surface area contributed by atoms with Crippen LogP contribution in [0, 0.1) is 6.92 Å². The second-order valence-electron chi connectivity index (χ2n) is 6.65. The van der Waals surface area contributed by atoms with Gasteiger partial charge in [0, 0.05) is 22.3 Å². The number of benzene rings is 2. The van der Waals surface area contributed by atoms with Crippen molar-refractivity contribution in [2.75, 3.05) is 22.0 Å². The fourth-order valence-electron chi connectivity index (χ4n) is 3.08. The van der Waals surface area contributed by atoms with E-state index >= 15 is 0 Å². The van der Waals surface area contributed by atoms with E-state index in [1.165, 1.54) is 0 Å². The molecule has 0 spiro atoms. The van der Waals surface area contributed by atoms with Gasteiger partial charge in [0.1, 0.15) is 0 Å². The monoisotopic (exact) mass is 425 g/mol. The molecule has 0 unspecified atom stereocenters. The van der Waals surface area contributed by atoms with Gasteiger partial charge in [0.05, 0.1) is 22.5 Å². The molecule has 0 bridgehead atoms. The van der Waals surface area contributed by atoms with E-state index in [-0.39, 0.29) is 5.95 Å². The van der Waals surface area contributed by atoms with E-state index < -0.39 is 10.0 Å². The molecule has 0 radical (unpaired) electrons. The van der Waals surface area contributed by atoms with Crippen LogP contribution in [0.15, 0.2) is 54.7 Å². The Bertz CT molecular complexity index is 1320. The SMILES string of the molecule is Cc1c(-c2ccnc(N)n2)sc2ccc(Nc3cccc(NS(C)(=O)=O)c3)cc12. The lowest BCUT2D eigenvalue weighted by molar-refractivity contribution is 0.607. The highest BCUT2D eigenvalue weighted by Gasteiger charge is 2.13. The number of nitrogens with two attached hydrogens (primary N) is 1. The minimum atomic E-state index is -3.32. The molecule has 4 rings (SSSR count). The second kappa shape index (κ2) is 7.34. The molecule has 0 fully saturated rings. The molecule has 0 saturated carbocycles. The normalized spacial score (nSPS) is 11.5. The van der Waals surface area contributed by atoms with Crippen LogP contribution >= 0.6 is 11.3 Å². The minimum absolute atomic E-state index is 0.254. The molecule has 0 atom stereocenters. The lowest BCUT2D eigenvalue weighted by atomic mass is 10.1. The van der Waals surface area contributed by atoms with E-state index in [0.717, 1.165) is 43.9 Å². The topological polar surface area (TPSA) is 110 Å². The Balaban J connectivity index is 1.66. The molecule has 0 aliphatic carbocycles. The number of hydrogen-bond donors (Lipinski definition) is 3. The Hall–Kier alpha value is -3.17. The highest BCUT2D eigenvalue weighted by atomic mass is 32.2. The zero-order valence-corrected chi connectivity index (χ0v) is 17.4. The molecule has 9 heteroatoms. The molecule has 0 amide bonds. The van der Waals surface area contributed by atoms with Gasteiger partial charge in [-0.15, -0.1) is 11.3 Å². The zero-order valence-electron chi connectivity index (χ0n) is 15.8. The number of aromatic nitrogens is 2. The average molecular weight is 426 g/mol. The molecule has 4 aromatic rings. The van der Waals surface area contributed by atoms with Crippen LogP contribution in [0.3, 0.4) is 0 Å². The lowest BCUT2D eigenvalue weighted by Gasteiger charge is -2.09. The first-order valence-corrected chi connectivity index (χ1v) is 11.5. The summed E-state index contributed by atoms with van der Waals surface area (Å²) in [7, 11) is -3.32. The van der Waals surface area contributed by atoms with Crippen molar-refractivity contribution in [1.82, 2.24) is 9.97 Å². The van der Waals surface area contributed by atoms with Gasteiger partial charge in [-0.1, -0.05) is 6.07 Å². The van der Waals surface area contributed by atoms with Gasteiger partial charge in [-0.25, -0.2) is 18.4 Å². The summed E-state index contributed by atoms with van der Waals surface area (Å²) in [4.78, 5) is 9.35. The maximum absolute atomic E-state index is 11.4. The van der Waals surface area contributed by atoms with Crippen molar-refractivity contribution in [2.24, 2.45) is 0 Å². The van der Waals surface area contributed by atoms with Gasteiger partial charge in [0.15, 0.2) is 0 Å². The average Bonchev–Trinajstić information content (AvgIpc) is 2.97. The van der Waals surface area contributed by atoms with Crippen molar-refractivity contribution >= 4 is 54.5 Å². The van der Waals surface area contributed by atoms with Crippen LogP contribution in [0.5, 0.6) is 0 Å². The minimum Gasteiger partial charge on any atom is -0.368 e. The molecule has 148 valence electrons. The molecule has 29 heavy (non-hydrogen) atoms. The Morgan fingerprint density at radius 2 is 1.79 bits per heavy atom.